The topological polar surface area (TPSA) is 41.5 Å². The number of amidine groups is 1. The van der Waals surface area contributed by atoms with Crippen LogP contribution in [0.5, 0.6) is 0 Å². The number of nitrogens with one attached hydrogen (secondary N) is 1. The summed E-state index contributed by atoms with van der Waals surface area (Å²) in [5, 5.41) is 4.41. The van der Waals surface area contributed by atoms with Crippen LogP contribution in [0.1, 0.15) is 16.7 Å². The number of hydrogen-bond donors (Lipinski definition) is 1. The van der Waals surface area contributed by atoms with E-state index in [2.05, 4.69) is 10.3 Å². The van der Waals surface area contributed by atoms with Crippen LogP contribution in [0.15, 0.2) is 46.3 Å². The van der Waals surface area contributed by atoms with E-state index < -0.39 is 0 Å². The lowest BCUT2D eigenvalue weighted by Crippen LogP contribution is -2.19. The third-order valence-electron chi connectivity index (χ3n) is 3.70. The minimum Gasteiger partial charge on any atom is -0.300 e. The van der Waals surface area contributed by atoms with Crippen LogP contribution >= 0.6 is 35.0 Å². The van der Waals surface area contributed by atoms with Crippen molar-refractivity contribution in [2.75, 3.05) is 0 Å². The van der Waals surface area contributed by atoms with Crippen molar-refractivity contribution in [1.29, 1.82) is 0 Å². The predicted octanol–water partition coefficient (Wildman–Crippen LogP) is 5.50. The van der Waals surface area contributed by atoms with Gasteiger partial charge in [0.05, 0.1) is 10.6 Å². The SMILES string of the molecule is Cc1cccc(N=C2NC(=O)C(=Cc3ccc(Cl)cc3Cl)S2)c1C. The molecule has 0 radical (unpaired) electrons. The number of halogens is 2. The zero-order chi connectivity index (χ0) is 17.3. The number of amides is 1. The first-order chi connectivity index (χ1) is 11.4. The summed E-state index contributed by atoms with van der Waals surface area (Å²) in [5.41, 5.74) is 3.85. The van der Waals surface area contributed by atoms with E-state index in [4.69, 9.17) is 23.2 Å². The molecule has 122 valence electrons. The van der Waals surface area contributed by atoms with Crippen molar-refractivity contribution >= 4 is 57.8 Å². The van der Waals surface area contributed by atoms with Crippen LogP contribution in [0, 0.1) is 13.8 Å². The van der Waals surface area contributed by atoms with Crippen LogP contribution in [0.2, 0.25) is 10.0 Å². The number of thioether (sulfide) groups is 1. The molecule has 0 unspecified atom stereocenters. The van der Waals surface area contributed by atoms with Gasteiger partial charge in [-0.05, 0) is 66.6 Å². The Morgan fingerprint density at radius 2 is 1.96 bits per heavy atom. The Bertz CT molecular complexity index is 891. The third kappa shape index (κ3) is 3.66. The van der Waals surface area contributed by atoms with Gasteiger partial charge in [-0.25, -0.2) is 4.99 Å². The van der Waals surface area contributed by atoms with E-state index in [1.165, 1.54) is 11.8 Å². The molecule has 0 bridgehead atoms. The van der Waals surface area contributed by atoms with Crippen molar-refractivity contribution in [2.24, 2.45) is 4.99 Å². The summed E-state index contributed by atoms with van der Waals surface area (Å²) >= 11 is 13.3. The smallest absolute Gasteiger partial charge is 0.264 e. The van der Waals surface area contributed by atoms with E-state index in [-0.39, 0.29) is 5.91 Å². The molecule has 0 saturated carbocycles. The molecule has 0 spiro atoms. The van der Waals surface area contributed by atoms with Crippen LogP contribution in [-0.2, 0) is 4.79 Å². The molecule has 2 aromatic rings. The van der Waals surface area contributed by atoms with Crippen LogP contribution in [0.3, 0.4) is 0 Å². The summed E-state index contributed by atoms with van der Waals surface area (Å²) in [5.74, 6) is -0.185. The van der Waals surface area contributed by atoms with Crippen LogP contribution in [0.4, 0.5) is 5.69 Å². The largest absolute Gasteiger partial charge is 0.300 e. The number of carbonyl (C=O) groups is 1. The highest BCUT2D eigenvalue weighted by atomic mass is 35.5. The van der Waals surface area contributed by atoms with Crippen LogP contribution < -0.4 is 5.32 Å². The van der Waals surface area contributed by atoms with E-state index >= 15 is 0 Å². The van der Waals surface area contributed by atoms with Crippen molar-refractivity contribution in [3.63, 3.8) is 0 Å². The van der Waals surface area contributed by atoms with E-state index in [0.717, 1.165) is 22.4 Å². The van der Waals surface area contributed by atoms with Crippen molar-refractivity contribution in [2.45, 2.75) is 13.8 Å². The highest BCUT2D eigenvalue weighted by Gasteiger charge is 2.24. The molecular formula is C18H14Cl2N2OS. The first kappa shape index (κ1) is 17.1. The fraction of sp³-hybridized carbons (Fsp3) is 0.111. The molecule has 1 saturated heterocycles. The summed E-state index contributed by atoms with van der Waals surface area (Å²) in [6, 6.07) is 11.1. The minimum absolute atomic E-state index is 0.185. The van der Waals surface area contributed by atoms with Gasteiger partial charge in [0.15, 0.2) is 5.17 Å². The predicted molar refractivity (Wildman–Crippen MR) is 103 cm³/mol. The van der Waals surface area contributed by atoms with Crippen LogP contribution in [-0.4, -0.2) is 11.1 Å². The molecule has 1 N–H and O–H groups in total. The molecule has 0 atom stereocenters. The molecule has 3 rings (SSSR count). The molecule has 24 heavy (non-hydrogen) atoms. The van der Waals surface area contributed by atoms with E-state index in [9.17, 15) is 4.79 Å². The maximum atomic E-state index is 12.2. The second-order valence-electron chi connectivity index (χ2n) is 5.37. The molecule has 1 heterocycles. The van der Waals surface area contributed by atoms with Gasteiger partial charge in [-0.2, -0.15) is 0 Å². The van der Waals surface area contributed by atoms with Crippen molar-refractivity contribution in [1.82, 2.24) is 5.32 Å². The Hall–Kier alpha value is -1.75. The molecule has 1 aliphatic heterocycles. The standard InChI is InChI=1S/C18H14Cl2N2OS/c1-10-4-3-5-15(11(10)2)21-18-22-17(23)16(24-18)8-12-6-7-13(19)9-14(12)20/h3-9H,1-2H3,(H,21,22,23). The fourth-order valence-corrected chi connectivity index (χ4v) is 3.50. The summed E-state index contributed by atoms with van der Waals surface area (Å²) in [6.45, 7) is 4.05. The Morgan fingerprint density at radius 1 is 1.17 bits per heavy atom. The number of rotatable bonds is 2. The fourth-order valence-electron chi connectivity index (χ4n) is 2.21. The number of carbonyl (C=O) groups excluding carboxylic acids is 1. The van der Waals surface area contributed by atoms with Crippen molar-refractivity contribution in [3.8, 4) is 0 Å². The molecule has 3 nitrogen and oxygen atoms in total. The monoisotopic (exact) mass is 376 g/mol. The van der Waals surface area contributed by atoms with Gasteiger partial charge in [0.2, 0.25) is 0 Å². The Labute approximate surface area is 154 Å². The van der Waals surface area contributed by atoms with Gasteiger partial charge in [-0.15, -0.1) is 0 Å². The molecule has 0 aromatic heterocycles. The highest BCUT2D eigenvalue weighted by molar-refractivity contribution is 8.18. The molecule has 1 amide bonds. The summed E-state index contributed by atoms with van der Waals surface area (Å²) < 4.78 is 0. The van der Waals surface area contributed by atoms with E-state index in [0.29, 0.717) is 20.1 Å². The first-order valence-electron chi connectivity index (χ1n) is 7.25. The Balaban J connectivity index is 1.89. The summed E-state index contributed by atoms with van der Waals surface area (Å²) in [7, 11) is 0. The Kier molecular flexibility index (Phi) is 4.99. The molecular weight excluding hydrogens is 363 g/mol. The number of hydrogen-bond acceptors (Lipinski definition) is 3. The van der Waals surface area contributed by atoms with Crippen LogP contribution in [0.25, 0.3) is 6.08 Å². The number of nitrogens with zero attached hydrogens (tertiary/aromatic N) is 1. The van der Waals surface area contributed by atoms with Gasteiger partial charge in [0.1, 0.15) is 0 Å². The van der Waals surface area contributed by atoms with Gasteiger partial charge in [-0.3, -0.25) is 4.79 Å². The Morgan fingerprint density at radius 3 is 2.71 bits per heavy atom. The van der Waals surface area contributed by atoms with E-state index in [1.54, 1.807) is 24.3 Å². The lowest BCUT2D eigenvalue weighted by atomic mass is 10.1. The van der Waals surface area contributed by atoms with Gasteiger partial charge >= 0.3 is 0 Å². The number of benzene rings is 2. The molecule has 6 heteroatoms. The average Bonchev–Trinajstić information content (AvgIpc) is 2.86. The van der Waals surface area contributed by atoms with Crippen molar-refractivity contribution < 1.29 is 4.79 Å². The second kappa shape index (κ2) is 7.01. The highest BCUT2D eigenvalue weighted by Crippen LogP contribution is 2.31. The average molecular weight is 377 g/mol. The maximum absolute atomic E-state index is 12.2. The van der Waals surface area contributed by atoms with Gasteiger partial charge in [0.25, 0.3) is 5.91 Å². The molecule has 0 aliphatic carbocycles. The number of aliphatic imine (C=N–C) groups is 1. The second-order valence-corrected chi connectivity index (χ2v) is 7.24. The van der Waals surface area contributed by atoms with Crippen molar-refractivity contribution in [3.05, 3.63) is 68.0 Å². The third-order valence-corrected chi connectivity index (χ3v) is 5.17. The lowest BCUT2D eigenvalue weighted by Gasteiger charge is -2.04. The first-order valence-corrected chi connectivity index (χ1v) is 8.82. The van der Waals surface area contributed by atoms with E-state index in [1.807, 2.05) is 32.0 Å². The van der Waals surface area contributed by atoms with Gasteiger partial charge < -0.3 is 5.32 Å². The molecule has 1 fully saturated rings. The normalized spacial score (nSPS) is 17.6. The summed E-state index contributed by atoms with van der Waals surface area (Å²) in [4.78, 5) is 17.3. The zero-order valence-electron chi connectivity index (χ0n) is 13.1. The quantitative estimate of drug-likeness (QED) is 0.702. The van der Waals surface area contributed by atoms with Gasteiger partial charge in [-0.1, -0.05) is 41.4 Å². The summed E-state index contributed by atoms with van der Waals surface area (Å²) in [6.07, 6.45) is 1.74. The molecule has 1 aliphatic rings. The zero-order valence-corrected chi connectivity index (χ0v) is 15.4. The maximum Gasteiger partial charge on any atom is 0.264 e. The van der Waals surface area contributed by atoms with Gasteiger partial charge in [0, 0.05) is 10.0 Å². The lowest BCUT2D eigenvalue weighted by molar-refractivity contribution is -0.115. The molecule has 2 aromatic carbocycles. The number of aryl methyl sites for hydroxylation is 1. The minimum atomic E-state index is -0.185.